The van der Waals surface area contributed by atoms with Gasteiger partial charge in [0.05, 0.1) is 26.2 Å². The minimum atomic E-state index is -0.502. The van der Waals surface area contributed by atoms with E-state index in [1.165, 1.54) is 44.7 Å². The van der Waals surface area contributed by atoms with Crippen molar-refractivity contribution in [3.05, 3.63) is 47.5 Å². The average Bonchev–Trinajstić information content (AvgIpc) is 3.26. The zero-order valence-corrected chi connectivity index (χ0v) is 21.0. The van der Waals surface area contributed by atoms with Gasteiger partial charge in [0.1, 0.15) is 0 Å². The molecular formula is C24H27N5O5S. The third-order valence-corrected chi connectivity index (χ3v) is 5.77. The predicted molar refractivity (Wildman–Crippen MR) is 133 cm³/mol. The zero-order valence-electron chi connectivity index (χ0n) is 20.2. The molecule has 0 bridgehead atoms. The van der Waals surface area contributed by atoms with Crippen LogP contribution in [0.1, 0.15) is 25.0 Å². The van der Waals surface area contributed by atoms with Gasteiger partial charge in [0.25, 0.3) is 5.91 Å². The highest BCUT2D eigenvalue weighted by atomic mass is 32.2. The molecule has 0 saturated carbocycles. The lowest BCUT2D eigenvalue weighted by atomic mass is 10.1. The van der Waals surface area contributed by atoms with E-state index in [4.69, 9.17) is 14.2 Å². The van der Waals surface area contributed by atoms with Crippen LogP contribution in [0.4, 0.5) is 0 Å². The molecule has 1 N–H and O–H groups in total. The quantitative estimate of drug-likeness (QED) is 0.149. The van der Waals surface area contributed by atoms with Gasteiger partial charge in [-0.15, -0.1) is 10.2 Å². The van der Waals surface area contributed by atoms with Crippen LogP contribution in [0, 0.1) is 6.92 Å². The topological polar surface area (TPSA) is 117 Å². The fourth-order valence-corrected chi connectivity index (χ4v) is 3.95. The molecule has 11 heteroatoms. The maximum atomic E-state index is 12.3. The van der Waals surface area contributed by atoms with E-state index in [0.717, 1.165) is 11.4 Å². The van der Waals surface area contributed by atoms with Crippen LogP contribution in [-0.4, -0.2) is 52.8 Å². The van der Waals surface area contributed by atoms with Crippen molar-refractivity contribution in [1.82, 2.24) is 20.2 Å². The number of carbonyl (C=O) groups excluding carboxylic acids is 2. The fraction of sp³-hybridized carbons (Fsp3) is 0.292. The van der Waals surface area contributed by atoms with Gasteiger partial charge in [-0.1, -0.05) is 41.6 Å². The summed E-state index contributed by atoms with van der Waals surface area (Å²) < 4.78 is 17.7. The minimum absolute atomic E-state index is 0.113. The number of esters is 1. The van der Waals surface area contributed by atoms with Gasteiger partial charge in [-0.2, -0.15) is 5.10 Å². The van der Waals surface area contributed by atoms with E-state index in [1.807, 2.05) is 42.7 Å². The molecule has 0 aliphatic carbocycles. The number of hydrogen-bond acceptors (Lipinski definition) is 9. The number of hydrogen-bond donors (Lipinski definition) is 1. The number of amides is 1. The molecule has 0 unspecified atom stereocenters. The largest absolute Gasteiger partial charge is 0.493 e. The number of benzene rings is 2. The third kappa shape index (κ3) is 6.60. The number of thioether (sulfide) groups is 1. The van der Waals surface area contributed by atoms with Crippen molar-refractivity contribution in [2.45, 2.75) is 32.5 Å². The Morgan fingerprint density at radius 2 is 1.77 bits per heavy atom. The van der Waals surface area contributed by atoms with Crippen LogP contribution in [-0.2, 0) is 16.1 Å². The molecule has 35 heavy (non-hydrogen) atoms. The second-order valence-corrected chi connectivity index (χ2v) is 8.29. The highest BCUT2D eigenvalue weighted by Gasteiger charge is 2.16. The number of aromatic nitrogens is 3. The molecule has 0 saturated heterocycles. The molecule has 0 atom stereocenters. The predicted octanol–water partition coefficient (Wildman–Crippen LogP) is 3.46. The molecule has 10 nitrogen and oxygen atoms in total. The highest BCUT2D eigenvalue weighted by molar-refractivity contribution is 7.99. The summed E-state index contributed by atoms with van der Waals surface area (Å²) >= 11 is 1.28. The van der Waals surface area contributed by atoms with E-state index >= 15 is 0 Å². The van der Waals surface area contributed by atoms with Gasteiger partial charge in [-0.05, 0) is 26.0 Å². The molecule has 184 valence electrons. The van der Waals surface area contributed by atoms with Crippen molar-refractivity contribution in [3.8, 4) is 28.6 Å². The summed E-state index contributed by atoms with van der Waals surface area (Å²) in [6, 6.07) is 11.3. The van der Waals surface area contributed by atoms with E-state index in [2.05, 4.69) is 20.7 Å². The summed E-state index contributed by atoms with van der Waals surface area (Å²) in [6.07, 6.45) is 1.44. The Hall–Kier alpha value is -3.86. The van der Waals surface area contributed by atoms with E-state index < -0.39 is 5.97 Å². The Morgan fingerprint density at radius 1 is 1.11 bits per heavy atom. The molecule has 3 rings (SSSR count). The molecule has 0 aliphatic rings. The molecule has 1 aromatic heterocycles. The zero-order chi connectivity index (χ0) is 25.4. The lowest BCUT2D eigenvalue weighted by Crippen LogP contribution is -2.20. The molecule has 0 radical (unpaired) electrons. The third-order valence-electron chi connectivity index (χ3n) is 4.81. The first-order chi connectivity index (χ1) is 16.9. The van der Waals surface area contributed by atoms with E-state index in [1.54, 1.807) is 12.1 Å². The lowest BCUT2D eigenvalue weighted by Gasteiger charge is -2.13. The number of hydrazone groups is 1. The van der Waals surface area contributed by atoms with Crippen LogP contribution in [0.2, 0.25) is 0 Å². The van der Waals surface area contributed by atoms with Crippen LogP contribution in [0.3, 0.4) is 0 Å². The monoisotopic (exact) mass is 497 g/mol. The Bertz CT molecular complexity index is 1200. The Morgan fingerprint density at radius 3 is 2.34 bits per heavy atom. The van der Waals surface area contributed by atoms with E-state index in [0.29, 0.717) is 28.8 Å². The summed E-state index contributed by atoms with van der Waals surface area (Å²) in [5, 5.41) is 13.2. The summed E-state index contributed by atoms with van der Waals surface area (Å²) in [7, 11) is 2.89. The van der Waals surface area contributed by atoms with Gasteiger partial charge in [0.2, 0.25) is 5.75 Å². The molecule has 1 heterocycles. The smallest absolute Gasteiger partial charge is 0.308 e. The van der Waals surface area contributed by atoms with E-state index in [-0.39, 0.29) is 17.4 Å². The van der Waals surface area contributed by atoms with Crippen molar-refractivity contribution in [3.63, 3.8) is 0 Å². The number of carbonyl (C=O) groups is 2. The van der Waals surface area contributed by atoms with Crippen molar-refractivity contribution >= 4 is 29.9 Å². The van der Waals surface area contributed by atoms with Crippen molar-refractivity contribution in [2.75, 3.05) is 20.0 Å². The van der Waals surface area contributed by atoms with Gasteiger partial charge < -0.3 is 18.8 Å². The molecule has 0 spiro atoms. The fourth-order valence-electron chi connectivity index (χ4n) is 3.16. The first-order valence-corrected chi connectivity index (χ1v) is 11.7. The second kappa shape index (κ2) is 12.0. The van der Waals surface area contributed by atoms with Crippen LogP contribution < -0.4 is 19.6 Å². The number of ether oxygens (including phenoxy) is 3. The average molecular weight is 498 g/mol. The number of nitrogens with zero attached hydrogens (tertiary/aromatic N) is 4. The van der Waals surface area contributed by atoms with Gasteiger partial charge in [-0.25, -0.2) is 5.43 Å². The lowest BCUT2D eigenvalue weighted by molar-refractivity contribution is -0.132. The molecule has 0 aliphatic heterocycles. The standard InChI is InChI=1S/C24H27N5O5S/c1-6-29-23(18-9-7-15(2)8-10-18)27-28-24(29)35-14-21(31)26-25-13-17-11-19(32-4)22(34-16(3)30)20(12-17)33-5/h7-13H,6,14H2,1-5H3,(H,26,31)/b25-13-. The molecule has 0 fully saturated rings. The first-order valence-electron chi connectivity index (χ1n) is 10.8. The Labute approximate surface area is 207 Å². The Kier molecular flexibility index (Phi) is 8.85. The van der Waals surface area contributed by atoms with E-state index in [9.17, 15) is 9.59 Å². The van der Waals surface area contributed by atoms with Gasteiger partial charge in [-0.3, -0.25) is 9.59 Å². The summed E-state index contributed by atoms with van der Waals surface area (Å²) in [5.74, 6) is 0.833. The molecule has 1 amide bonds. The van der Waals surface area contributed by atoms with Gasteiger partial charge >= 0.3 is 5.97 Å². The molecule has 3 aromatic rings. The van der Waals surface area contributed by atoms with Crippen molar-refractivity contribution < 1.29 is 23.8 Å². The summed E-state index contributed by atoms with van der Waals surface area (Å²) in [6.45, 7) is 5.99. The van der Waals surface area contributed by atoms with Gasteiger partial charge in [0.15, 0.2) is 22.5 Å². The first kappa shape index (κ1) is 25.8. The number of methoxy groups -OCH3 is 2. The maximum Gasteiger partial charge on any atom is 0.308 e. The minimum Gasteiger partial charge on any atom is -0.493 e. The van der Waals surface area contributed by atoms with Crippen molar-refractivity contribution in [1.29, 1.82) is 0 Å². The van der Waals surface area contributed by atoms with Crippen LogP contribution in [0.15, 0.2) is 46.7 Å². The van der Waals surface area contributed by atoms with Crippen LogP contribution in [0.25, 0.3) is 11.4 Å². The van der Waals surface area contributed by atoms with Crippen molar-refractivity contribution in [2.24, 2.45) is 5.10 Å². The van der Waals surface area contributed by atoms with Crippen LogP contribution >= 0.6 is 11.8 Å². The summed E-state index contributed by atoms with van der Waals surface area (Å²) in [5.41, 5.74) is 5.21. The normalized spacial score (nSPS) is 10.9. The SMILES string of the molecule is CCn1c(SCC(=O)N/N=C\c2cc(OC)c(OC(C)=O)c(OC)c2)nnc1-c1ccc(C)cc1. The van der Waals surface area contributed by atoms with Gasteiger partial charge in [0, 0.05) is 24.6 Å². The number of nitrogens with one attached hydrogen (secondary N) is 1. The number of aryl methyl sites for hydroxylation is 1. The maximum absolute atomic E-state index is 12.3. The van der Waals surface area contributed by atoms with Crippen LogP contribution in [0.5, 0.6) is 17.2 Å². The highest BCUT2D eigenvalue weighted by Crippen LogP contribution is 2.38. The molecule has 2 aromatic carbocycles. The second-order valence-electron chi connectivity index (χ2n) is 7.35. The summed E-state index contributed by atoms with van der Waals surface area (Å²) in [4.78, 5) is 23.7. The Balaban J connectivity index is 1.63. The number of rotatable bonds is 10. The molecular weight excluding hydrogens is 470 g/mol.